The molecular weight excluding hydrogens is 291 g/mol. The van der Waals surface area contributed by atoms with Crippen molar-refractivity contribution in [2.75, 3.05) is 0 Å². The molecule has 0 aromatic rings. The second-order valence-corrected chi connectivity index (χ2v) is 13.7. The average molecular weight is 297 g/mol. The van der Waals surface area contributed by atoms with E-state index in [1.54, 1.807) is 15.4 Å². The van der Waals surface area contributed by atoms with Gasteiger partial charge in [-0.05, 0) is 0 Å². The minimum absolute atomic E-state index is 0.734. The molecule has 1 fully saturated rings. The predicted octanol–water partition coefficient (Wildman–Crippen LogP) is 0.550. The second kappa shape index (κ2) is 2.70. The molecule has 0 nitrogen and oxygen atoms in total. The molecule has 0 amide bonds. The van der Waals surface area contributed by atoms with Crippen LogP contribution in [0.15, 0.2) is 0 Å². The Labute approximate surface area is 49.0 Å². The first-order valence-corrected chi connectivity index (χ1v) is 12.4. The molecule has 2 heteroatoms. The third-order valence-corrected chi connectivity index (χ3v) is 13.2. The first-order valence-electron chi connectivity index (χ1n) is 1.74. The summed E-state index contributed by atoms with van der Waals surface area (Å²) >= 11 is 1.47. The molecule has 0 spiro atoms. The summed E-state index contributed by atoms with van der Waals surface area (Å²) in [7, 11) is 0. The van der Waals surface area contributed by atoms with E-state index in [1.165, 1.54) is 0 Å². The van der Waals surface area contributed by atoms with Crippen LogP contribution in [-0.4, -0.2) is 34.1 Å². The molecule has 0 N–H and O–H groups in total. The predicted molar refractivity (Wildman–Crippen MR) is 25.7 cm³/mol. The van der Waals surface area contributed by atoms with Crippen molar-refractivity contribution in [2.24, 2.45) is 0 Å². The van der Waals surface area contributed by atoms with E-state index < -0.39 is 0 Å². The molecule has 0 unspecified atom stereocenters. The zero-order valence-electron chi connectivity index (χ0n) is 2.94. The molecule has 1 rings (SSSR count). The maximum atomic E-state index is 1.69. The Morgan fingerprint density at radius 2 is 1.60 bits per heavy atom. The molecule has 0 bridgehead atoms. The van der Waals surface area contributed by atoms with Gasteiger partial charge in [0.25, 0.3) is 0 Å². The maximum absolute atomic E-state index is 1.69. The molecule has 0 aromatic carbocycles. The van der Waals surface area contributed by atoms with Crippen LogP contribution in [0.2, 0.25) is 8.94 Å². The van der Waals surface area contributed by atoms with Gasteiger partial charge < -0.3 is 0 Å². The van der Waals surface area contributed by atoms with Gasteiger partial charge in [-0.2, -0.15) is 0 Å². The van der Waals surface area contributed by atoms with Crippen molar-refractivity contribution in [3.8, 4) is 0 Å². The molecule has 0 saturated carbocycles. The average Bonchev–Trinajstić information content (AvgIpc) is 1.76. The summed E-state index contributed by atoms with van der Waals surface area (Å²) in [5.41, 5.74) is 0. The van der Waals surface area contributed by atoms with Crippen LogP contribution in [0.25, 0.3) is 0 Å². The second-order valence-electron chi connectivity index (χ2n) is 0.998. The van der Waals surface area contributed by atoms with Crippen LogP contribution < -0.4 is 0 Å². The molecule has 0 atom stereocenters. The molecule has 0 aliphatic carbocycles. The molecule has 0 aromatic heterocycles. The van der Waals surface area contributed by atoms with Crippen LogP contribution in [0.1, 0.15) is 6.42 Å². The van der Waals surface area contributed by atoms with E-state index in [1.807, 2.05) is 0 Å². The van der Waals surface area contributed by atoms with Crippen LogP contribution in [0.3, 0.4) is 0 Å². The van der Waals surface area contributed by atoms with Crippen molar-refractivity contribution >= 4 is 34.1 Å². The molecule has 0 radical (unpaired) electrons. The van der Waals surface area contributed by atoms with Crippen LogP contribution in [0.4, 0.5) is 0 Å². The van der Waals surface area contributed by atoms with E-state index in [9.17, 15) is 0 Å². The van der Waals surface area contributed by atoms with E-state index in [-0.39, 0.29) is 0 Å². The Morgan fingerprint density at radius 3 is 1.80 bits per heavy atom. The van der Waals surface area contributed by atoms with E-state index in [2.05, 4.69) is 0 Å². The summed E-state index contributed by atoms with van der Waals surface area (Å²) < 4.78 is 3.38. The fourth-order valence-electron chi connectivity index (χ4n) is 0.295. The van der Waals surface area contributed by atoms with Gasteiger partial charge in [0, 0.05) is 0 Å². The SMILES string of the molecule is C1C[Te][Te]C1. The van der Waals surface area contributed by atoms with Gasteiger partial charge in [0.2, 0.25) is 0 Å². The van der Waals surface area contributed by atoms with Crippen LogP contribution in [0.5, 0.6) is 0 Å². The van der Waals surface area contributed by atoms with Gasteiger partial charge in [-0.1, -0.05) is 0 Å². The van der Waals surface area contributed by atoms with Gasteiger partial charge in [0.1, 0.15) is 0 Å². The van der Waals surface area contributed by atoms with Crippen molar-refractivity contribution in [1.82, 2.24) is 0 Å². The Balaban J connectivity index is 2.08. The number of hydrogen-bond donors (Lipinski definition) is 0. The monoisotopic (exact) mass is 302 g/mol. The summed E-state index contributed by atoms with van der Waals surface area (Å²) in [6.07, 6.45) is 1.62. The molecule has 30 valence electrons. The molecule has 5 heavy (non-hydrogen) atoms. The third-order valence-electron chi connectivity index (χ3n) is 0.539. The van der Waals surface area contributed by atoms with Gasteiger partial charge in [-0.3, -0.25) is 0 Å². The van der Waals surface area contributed by atoms with Crippen molar-refractivity contribution in [2.45, 2.75) is 15.4 Å². The van der Waals surface area contributed by atoms with Gasteiger partial charge >= 0.3 is 49.5 Å². The van der Waals surface area contributed by atoms with Crippen molar-refractivity contribution in [3.63, 3.8) is 0 Å². The summed E-state index contributed by atoms with van der Waals surface area (Å²) in [5, 5.41) is 0. The van der Waals surface area contributed by atoms with Crippen LogP contribution in [0, 0.1) is 0 Å². The normalized spacial score (nSPS) is 24.0. The number of rotatable bonds is 0. The molecule has 1 heterocycles. The fraction of sp³-hybridized carbons (Fsp3) is 1.00. The van der Waals surface area contributed by atoms with Gasteiger partial charge in [-0.25, -0.2) is 0 Å². The molecule has 1 saturated heterocycles. The van der Waals surface area contributed by atoms with E-state index in [4.69, 9.17) is 0 Å². The van der Waals surface area contributed by atoms with Crippen molar-refractivity contribution < 1.29 is 0 Å². The Bertz CT molecular complexity index is 16.5. The molecule has 1 aliphatic heterocycles. The minimum atomic E-state index is 0.734. The topological polar surface area (TPSA) is 0 Å². The zero-order valence-corrected chi connectivity index (χ0v) is 7.60. The van der Waals surface area contributed by atoms with Crippen molar-refractivity contribution in [3.05, 3.63) is 0 Å². The first-order chi connectivity index (χ1) is 2.50. The third kappa shape index (κ3) is 1.65. The van der Waals surface area contributed by atoms with E-state index >= 15 is 0 Å². The van der Waals surface area contributed by atoms with Gasteiger partial charge in [0.05, 0.1) is 0 Å². The molecular formula is C3H6Te2. The summed E-state index contributed by atoms with van der Waals surface area (Å²) in [6, 6.07) is 0. The van der Waals surface area contributed by atoms with E-state index in [0.717, 1.165) is 34.1 Å². The van der Waals surface area contributed by atoms with Gasteiger partial charge in [0.15, 0.2) is 0 Å². The zero-order chi connectivity index (χ0) is 3.54. The summed E-state index contributed by atoms with van der Waals surface area (Å²) in [5.74, 6) is 0. The Morgan fingerprint density at radius 1 is 1.00 bits per heavy atom. The fourth-order valence-corrected chi connectivity index (χ4v) is 13.3. The van der Waals surface area contributed by atoms with Crippen molar-refractivity contribution in [1.29, 1.82) is 0 Å². The molecule has 1 aliphatic rings. The Kier molecular flexibility index (Phi) is 2.56. The number of hydrogen-bond acceptors (Lipinski definition) is 0. The summed E-state index contributed by atoms with van der Waals surface area (Å²) in [6.45, 7) is 0. The quantitative estimate of drug-likeness (QED) is 0.573. The van der Waals surface area contributed by atoms with Crippen LogP contribution >= 0.6 is 0 Å². The Hall–Kier alpha value is 1.58. The van der Waals surface area contributed by atoms with E-state index in [0.29, 0.717) is 0 Å². The first kappa shape index (κ1) is 4.73. The standard InChI is InChI=1S/C3H6Te2/c1-2-4-5-3-1/h1-3H2. The van der Waals surface area contributed by atoms with Gasteiger partial charge in [-0.15, -0.1) is 0 Å². The summed E-state index contributed by atoms with van der Waals surface area (Å²) in [4.78, 5) is 0. The van der Waals surface area contributed by atoms with Crippen LogP contribution in [-0.2, 0) is 0 Å².